The van der Waals surface area contributed by atoms with E-state index in [4.69, 9.17) is 0 Å². The minimum absolute atomic E-state index is 0.0968. The summed E-state index contributed by atoms with van der Waals surface area (Å²) in [5.41, 5.74) is 0. The molecule has 1 fully saturated rings. The molecule has 18 heavy (non-hydrogen) atoms. The molecule has 1 aliphatic rings. The van der Waals surface area contributed by atoms with E-state index in [9.17, 15) is 8.42 Å². The van der Waals surface area contributed by atoms with Gasteiger partial charge < -0.3 is 5.32 Å². The van der Waals surface area contributed by atoms with E-state index in [0.717, 1.165) is 32.2 Å². The van der Waals surface area contributed by atoms with Crippen molar-refractivity contribution in [1.29, 1.82) is 0 Å². The Labute approximate surface area is 108 Å². The zero-order valence-corrected chi connectivity index (χ0v) is 11.4. The molecule has 1 aliphatic heterocycles. The van der Waals surface area contributed by atoms with Crippen molar-refractivity contribution in [2.24, 2.45) is 0 Å². The Morgan fingerprint density at radius 3 is 3.06 bits per heavy atom. The number of hydrogen-bond donors (Lipinski definition) is 2. The Balaban J connectivity index is 2.18. The van der Waals surface area contributed by atoms with Crippen molar-refractivity contribution in [3.05, 3.63) is 12.3 Å². The average molecular weight is 272 g/mol. The summed E-state index contributed by atoms with van der Waals surface area (Å²) in [6.07, 6.45) is 5.30. The normalized spacial score (nSPS) is 22.2. The molecule has 2 N–H and O–H groups in total. The molecule has 1 aromatic heterocycles. The molecule has 0 bridgehead atoms. The monoisotopic (exact) mass is 272 g/mol. The SMILES string of the molecule is CNCCC1CCCCN1S(=O)(=O)c1ccn[nH]1. The molecule has 2 rings (SSSR count). The van der Waals surface area contributed by atoms with Crippen molar-refractivity contribution >= 4 is 10.0 Å². The van der Waals surface area contributed by atoms with Crippen LogP contribution in [0.15, 0.2) is 17.3 Å². The Hall–Kier alpha value is -0.920. The smallest absolute Gasteiger partial charge is 0.260 e. The highest BCUT2D eigenvalue weighted by Gasteiger charge is 2.33. The van der Waals surface area contributed by atoms with E-state index in [2.05, 4.69) is 15.5 Å². The fourth-order valence-corrected chi connectivity index (χ4v) is 4.03. The molecule has 1 saturated heterocycles. The van der Waals surface area contributed by atoms with Crippen LogP contribution in [0.1, 0.15) is 25.7 Å². The second-order valence-electron chi connectivity index (χ2n) is 4.58. The molecule has 6 nitrogen and oxygen atoms in total. The van der Waals surface area contributed by atoms with Gasteiger partial charge >= 0.3 is 0 Å². The maximum atomic E-state index is 12.5. The summed E-state index contributed by atoms with van der Waals surface area (Å²) in [5.74, 6) is 0. The Morgan fingerprint density at radius 2 is 2.39 bits per heavy atom. The standard InChI is InChI=1S/C11H20N4O2S/c1-12-7-5-10-4-2-3-9-15(10)18(16,17)11-6-8-13-14-11/h6,8,10,12H,2-5,7,9H2,1H3,(H,13,14). The summed E-state index contributed by atoms with van der Waals surface area (Å²) < 4.78 is 26.5. The van der Waals surface area contributed by atoms with Gasteiger partial charge in [0.15, 0.2) is 5.03 Å². The summed E-state index contributed by atoms with van der Waals surface area (Å²) in [6, 6.07) is 1.61. The highest BCUT2D eigenvalue weighted by molar-refractivity contribution is 7.89. The predicted molar refractivity (Wildman–Crippen MR) is 68.7 cm³/mol. The van der Waals surface area contributed by atoms with Crippen LogP contribution in [-0.2, 0) is 10.0 Å². The molecule has 0 aliphatic carbocycles. The van der Waals surface area contributed by atoms with Gasteiger partial charge in [0, 0.05) is 12.6 Å². The minimum Gasteiger partial charge on any atom is -0.320 e. The number of sulfonamides is 1. The Kier molecular flexibility index (Phi) is 4.36. The molecule has 2 heterocycles. The minimum atomic E-state index is -3.41. The highest BCUT2D eigenvalue weighted by Crippen LogP contribution is 2.25. The van der Waals surface area contributed by atoms with Crippen LogP contribution in [0, 0.1) is 0 Å². The molecule has 1 unspecified atom stereocenters. The third-order valence-corrected chi connectivity index (χ3v) is 5.24. The van der Waals surface area contributed by atoms with Gasteiger partial charge in [-0.15, -0.1) is 0 Å². The van der Waals surface area contributed by atoms with Crippen LogP contribution in [0.3, 0.4) is 0 Å². The number of H-pyrrole nitrogens is 1. The summed E-state index contributed by atoms with van der Waals surface area (Å²) in [7, 11) is -1.53. The lowest BCUT2D eigenvalue weighted by atomic mass is 10.0. The highest BCUT2D eigenvalue weighted by atomic mass is 32.2. The molecule has 7 heteroatoms. The quantitative estimate of drug-likeness (QED) is 0.821. The second kappa shape index (κ2) is 5.81. The maximum Gasteiger partial charge on any atom is 0.260 e. The number of hydrogen-bond acceptors (Lipinski definition) is 4. The summed E-state index contributed by atoms with van der Waals surface area (Å²) >= 11 is 0. The van der Waals surface area contributed by atoms with E-state index in [1.807, 2.05) is 7.05 Å². The first-order chi connectivity index (χ1) is 8.66. The predicted octanol–water partition coefficient (Wildman–Crippen LogP) is 0.562. The first-order valence-electron chi connectivity index (χ1n) is 6.32. The Bertz CT molecular complexity index is 457. The fourth-order valence-electron chi connectivity index (χ4n) is 2.40. The molecular weight excluding hydrogens is 252 g/mol. The van der Waals surface area contributed by atoms with Gasteiger partial charge in [0.25, 0.3) is 10.0 Å². The summed E-state index contributed by atoms with van der Waals surface area (Å²) in [4.78, 5) is 0. The van der Waals surface area contributed by atoms with Gasteiger partial charge in [-0.2, -0.15) is 9.40 Å². The first-order valence-corrected chi connectivity index (χ1v) is 7.76. The van der Waals surface area contributed by atoms with Gasteiger partial charge in [-0.05, 0) is 38.9 Å². The summed E-state index contributed by atoms with van der Waals surface area (Å²) in [5, 5.41) is 9.56. The van der Waals surface area contributed by atoms with Crippen molar-refractivity contribution in [2.75, 3.05) is 20.1 Å². The fraction of sp³-hybridized carbons (Fsp3) is 0.727. The van der Waals surface area contributed by atoms with Crippen molar-refractivity contribution in [3.8, 4) is 0 Å². The topological polar surface area (TPSA) is 78.1 Å². The third-order valence-electron chi connectivity index (χ3n) is 3.36. The number of rotatable bonds is 5. The third kappa shape index (κ3) is 2.73. The van der Waals surface area contributed by atoms with Gasteiger partial charge in [0.05, 0.1) is 6.20 Å². The molecule has 0 aromatic carbocycles. The van der Waals surface area contributed by atoms with E-state index in [-0.39, 0.29) is 11.1 Å². The second-order valence-corrected chi connectivity index (χ2v) is 6.44. The van der Waals surface area contributed by atoms with Crippen molar-refractivity contribution < 1.29 is 8.42 Å². The maximum absolute atomic E-state index is 12.5. The van der Waals surface area contributed by atoms with Crippen molar-refractivity contribution in [1.82, 2.24) is 19.8 Å². The van der Waals surface area contributed by atoms with Crippen LogP contribution in [0.2, 0.25) is 0 Å². The van der Waals surface area contributed by atoms with E-state index < -0.39 is 10.0 Å². The van der Waals surface area contributed by atoms with E-state index in [0.29, 0.717) is 6.54 Å². The van der Waals surface area contributed by atoms with Crippen molar-refractivity contribution in [3.63, 3.8) is 0 Å². The van der Waals surface area contributed by atoms with Crippen LogP contribution in [0.25, 0.3) is 0 Å². The van der Waals surface area contributed by atoms with Gasteiger partial charge in [0.2, 0.25) is 0 Å². The number of aromatic nitrogens is 2. The molecule has 102 valence electrons. The first kappa shape index (κ1) is 13.5. The van der Waals surface area contributed by atoms with Crippen molar-refractivity contribution in [2.45, 2.75) is 36.8 Å². The zero-order chi connectivity index (χ0) is 13.0. The number of aromatic amines is 1. The number of nitrogens with zero attached hydrogens (tertiary/aromatic N) is 2. The lowest BCUT2D eigenvalue weighted by Gasteiger charge is -2.34. The summed E-state index contributed by atoms with van der Waals surface area (Å²) in [6.45, 7) is 1.44. The van der Waals surface area contributed by atoms with Crippen LogP contribution < -0.4 is 5.32 Å². The zero-order valence-electron chi connectivity index (χ0n) is 10.6. The molecule has 0 saturated carbocycles. The van der Waals surface area contributed by atoms with E-state index in [1.165, 1.54) is 12.3 Å². The van der Waals surface area contributed by atoms with Crippen LogP contribution >= 0.6 is 0 Å². The molecule has 0 radical (unpaired) electrons. The number of piperidine rings is 1. The van der Waals surface area contributed by atoms with Crippen LogP contribution in [0.5, 0.6) is 0 Å². The molecule has 0 spiro atoms. The number of nitrogens with one attached hydrogen (secondary N) is 2. The molecule has 1 atom stereocenters. The Morgan fingerprint density at radius 1 is 1.56 bits per heavy atom. The average Bonchev–Trinajstić information content (AvgIpc) is 2.91. The molecular formula is C11H20N4O2S. The van der Waals surface area contributed by atoms with Crippen LogP contribution in [-0.4, -0.2) is 49.1 Å². The van der Waals surface area contributed by atoms with Gasteiger partial charge in [-0.25, -0.2) is 8.42 Å². The lowest BCUT2D eigenvalue weighted by Crippen LogP contribution is -2.44. The van der Waals surface area contributed by atoms with Gasteiger partial charge in [-0.1, -0.05) is 6.42 Å². The van der Waals surface area contributed by atoms with E-state index >= 15 is 0 Å². The molecule has 1 aromatic rings. The largest absolute Gasteiger partial charge is 0.320 e. The van der Waals surface area contributed by atoms with Gasteiger partial charge in [0.1, 0.15) is 0 Å². The molecule has 0 amide bonds. The van der Waals surface area contributed by atoms with E-state index in [1.54, 1.807) is 4.31 Å². The lowest BCUT2D eigenvalue weighted by molar-refractivity contribution is 0.240. The van der Waals surface area contributed by atoms with Gasteiger partial charge in [-0.3, -0.25) is 5.10 Å². The van der Waals surface area contributed by atoms with Crippen LogP contribution in [0.4, 0.5) is 0 Å².